The molecule has 9 heteroatoms. The quantitative estimate of drug-likeness (QED) is 0.159. The van der Waals surface area contributed by atoms with E-state index in [1.165, 1.54) is 50.0 Å². The number of carbonyl (C=O) groups is 1. The van der Waals surface area contributed by atoms with Gasteiger partial charge >= 0.3 is 5.97 Å². The van der Waals surface area contributed by atoms with Crippen LogP contribution < -0.4 is 0 Å². The van der Waals surface area contributed by atoms with Gasteiger partial charge in [-0.25, -0.2) is 24.8 Å². The second kappa shape index (κ2) is 14.3. The lowest BCUT2D eigenvalue weighted by atomic mass is 9.96. The first-order chi connectivity index (χ1) is 21.4. The zero-order valence-electron chi connectivity index (χ0n) is 27.6. The van der Waals surface area contributed by atoms with E-state index in [-0.39, 0.29) is 12.0 Å². The number of aliphatic imine (C=N–C) groups is 3. The Balaban J connectivity index is 0.902. The van der Waals surface area contributed by atoms with Crippen molar-refractivity contribution in [1.29, 1.82) is 0 Å². The van der Waals surface area contributed by atoms with Gasteiger partial charge in [-0.15, -0.1) is 0 Å². The molecule has 6 rings (SSSR count). The van der Waals surface area contributed by atoms with E-state index in [9.17, 15) is 10.0 Å². The number of allylic oxidation sites excluding steroid dienone is 1. The molecule has 44 heavy (non-hydrogen) atoms. The molecule has 0 saturated carbocycles. The predicted octanol–water partition coefficient (Wildman–Crippen LogP) is 7.00. The van der Waals surface area contributed by atoms with E-state index in [0.717, 1.165) is 100 Å². The number of esters is 1. The Labute approximate surface area is 264 Å². The fourth-order valence-corrected chi connectivity index (χ4v) is 8.75. The summed E-state index contributed by atoms with van der Waals surface area (Å²) in [6.07, 6.45) is 21.6. The molecule has 0 aromatic carbocycles. The van der Waals surface area contributed by atoms with Gasteiger partial charge in [0.05, 0.1) is 30.4 Å². The fraction of sp³-hybridized carbons (Fsp3) is 0.829. The van der Waals surface area contributed by atoms with Crippen LogP contribution in [-0.4, -0.2) is 86.5 Å². The first kappa shape index (κ1) is 31.6. The molecule has 0 bridgehead atoms. The van der Waals surface area contributed by atoms with Gasteiger partial charge in [0.2, 0.25) is 11.9 Å². The van der Waals surface area contributed by atoms with Crippen LogP contribution in [-0.2, 0) is 9.53 Å². The van der Waals surface area contributed by atoms with Crippen LogP contribution in [0, 0.1) is 0 Å². The Morgan fingerprint density at radius 3 is 2.43 bits per heavy atom. The molecule has 6 heterocycles. The molecule has 0 aromatic rings. The molecular formula is C35H56N6O3. The van der Waals surface area contributed by atoms with Crippen molar-refractivity contribution >= 4 is 23.6 Å². The smallest absolute Gasteiger partial charge is 0.341 e. The number of hydroxylamine groups is 2. The van der Waals surface area contributed by atoms with Crippen molar-refractivity contribution in [2.24, 2.45) is 15.0 Å². The molecule has 0 amide bonds. The number of rotatable bonds is 15. The van der Waals surface area contributed by atoms with Crippen molar-refractivity contribution in [3.63, 3.8) is 0 Å². The molecule has 1 unspecified atom stereocenters. The third-order valence-corrected chi connectivity index (χ3v) is 11.0. The number of nitrogens with zero attached hydrogens (tertiary/aromatic N) is 6. The van der Waals surface area contributed by atoms with Crippen molar-refractivity contribution < 1.29 is 14.7 Å². The molecule has 1 N–H and O–H groups in total. The fourth-order valence-electron chi connectivity index (χ4n) is 8.75. The molecule has 244 valence electrons. The van der Waals surface area contributed by atoms with Crippen molar-refractivity contribution in [3.05, 3.63) is 11.3 Å². The van der Waals surface area contributed by atoms with Gasteiger partial charge in [-0.1, -0.05) is 64.7 Å². The standard InChI is InChI=1S/C35H56N6O3/c1-4-5-6-8-11-14-26-22-28-18-19-31-32(25(3)37-34(38-26)40(28)31)33(42)44-20-13-10-7-9-12-15-30-23-29-17-16-27-21-24(2)36-35(39(27)29)41(30)43/h24,26-30,43H,4-23H2,1-3H3/t24-,26?,27+,28+,29+,30-/m1/s1. The lowest BCUT2D eigenvalue weighted by Gasteiger charge is -2.47. The van der Waals surface area contributed by atoms with E-state index >= 15 is 0 Å². The Bertz CT molecular complexity index is 1160. The first-order valence-electron chi connectivity index (χ1n) is 18.1. The Morgan fingerprint density at radius 1 is 0.886 bits per heavy atom. The summed E-state index contributed by atoms with van der Waals surface area (Å²) in [5, 5.41) is 12.5. The third kappa shape index (κ3) is 6.73. The molecule has 0 aliphatic carbocycles. The SMILES string of the molecule is CCCCCCCC1C[C@@H]2CCC3=C(C(=O)OCCCCCCC[C@@H]4C[C@@H]5CC[C@H]6C[C@@H](C)N=C(N4O)N56)C(C)=NC(=N1)N32. The number of carbonyl (C=O) groups excluding carboxylic acids is 1. The summed E-state index contributed by atoms with van der Waals surface area (Å²) < 4.78 is 5.79. The summed E-state index contributed by atoms with van der Waals surface area (Å²) in [4.78, 5) is 32.5. The average Bonchev–Trinajstić information content (AvgIpc) is 3.61. The summed E-state index contributed by atoms with van der Waals surface area (Å²) in [7, 11) is 0. The normalized spacial score (nSPS) is 30.6. The van der Waals surface area contributed by atoms with Crippen LogP contribution in [0.5, 0.6) is 0 Å². The predicted molar refractivity (Wildman–Crippen MR) is 175 cm³/mol. The summed E-state index contributed by atoms with van der Waals surface area (Å²) in [6, 6.07) is 2.36. The van der Waals surface area contributed by atoms with Gasteiger partial charge in [-0.05, 0) is 78.1 Å². The molecular weight excluding hydrogens is 552 g/mol. The zero-order valence-corrected chi connectivity index (χ0v) is 27.6. The van der Waals surface area contributed by atoms with E-state index in [1.54, 1.807) is 0 Å². The number of hydrogen-bond donors (Lipinski definition) is 1. The number of unbranched alkanes of at least 4 members (excludes halogenated alkanes) is 8. The number of hydrogen-bond acceptors (Lipinski definition) is 9. The topological polar surface area (TPSA) is 93.3 Å². The molecule has 0 radical (unpaired) electrons. The van der Waals surface area contributed by atoms with E-state index < -0.39 is 0 Å². The minimum absolute atomic E-state index is 0.178. The summed E-state index contributed by atoms with van der Waals surface area (Å²) in [6.45, 7) is 6.82. The van der Waals surface area contributed by atoms with Crippen LogP contribution in [0.1, 0.15) is 143 Å². The van der Waals surface area contributed by atoms with Gasteiger partial charge in [0.25, 0.3) is 0 Å². The number of guanidine groups is 2. The first-order valence-corrected chi connectivity index (χ1v) is 18.1. The lowest BCUT2D eigenvalue weighted by Crippen LogP contribution is -2.60. The molecule has 3 saturated heterocycles. The maximum Gasteiger partial charge on any atom is 0.341 e. The lowest BCUT2D eigenvalue weighted by molar-refractivity contribution is -0.138. The van der Waals surface area contributed by atoms with Crippen LogP contribution in [0.2, 0.25) is 0 Å². The van der Waals surface area contributed by atoms with E-state index in [1.807, 2.05) is 6.92 Å². The van der Waals surface area contributed by atoms with Crippen LogP contribution in [0.25, 0.3) is 0 Å². The highest BCUT2D eigenvalue weighted by Gasteiger charge is 2.47. The van der Waals surface area contributed by atoms with Crippen molar-refractivity contribution in [3.8, 4) is 0 Å². The maximum absolute atomic E-state index is 13.2. The van der Waals surface area contributed by atoms with Crippen LogP contribution in [0.15, 0.2) is 26.2 Å². The van der Waals surface area contributed by atoms with Crippen molar-refractivity contribution in [1.82, 2.24) is 14.9 Å². The monoisotopic (exact) mass is 608 g/mol. The molecule has 0 aromatic heterocycles. The van der Waals surface area contributed by atoms with Gasteiger partial charge < -0.3 is 14.5 Å². The zero-order chi connectivity index (χ0) is 30.6. The Hall–Kier alpha value is -2.42. The Kier molecular flexibility index (Phi) is 10.3. The molecule has 9 nitrogen and oxygen atoms in total. The summed E-state index contributed by atoms with van der Waals surface area (Å²) in [5.41, 5.74) is 2.52. The van der Waals surface area contributed by atoms with Gasteiger partial charge in [-0.2, -0.15) is 0 Å². The van der Waals surface area contributed by atoms with Gasteiger partial charge in [0, 0.05) is 23.8 Å². The number of ether oxygens (including phenoxy) is 1. The third-order valence-electron chi connectivity index (χ3n) is 11.0. The summed E-state index contributed by atoms with van der Waals surface area (Å²) in [5.74, 6) is 1.44. The minimum atomic E-state index is -0.220. The second-order valence-electron chi connectivity index (χ2n) is 14.3. The molecule has 6 atom stereocenters. The summed E-state index contributed by atoms with van der Waals surface area (Å²) >= 11 is 0. The second-order valence-corrected chi connectivity index (χ2v) is 14.3. The van der Waals surface area contributed by atoms with Gasteiger partial charge in [-0.3, -0.25) is 5.21 Å². The molecule has 3 fully saturated rings. The molecule has 6 aliphatic rings. The largest absolute Gasteiger partial charge is 0.462 e. The van der Waals surface area contributed by atoms with Crippen LogP contribution in [0.3, 0.4) is 0 Å². The minimum Gasteiger partial charge on any atom is -0.462 e. The van der Waals surface area contributed by atoms with Crippen LogP contribution >= 0.6 is 0 Å². The Morgan fingerprint density at radius 2 is 1.61 bits per heavy atom. The van der Waals surface area contributed by atoms with E-state index in [0.29, 0.717) is 42.4 Å². The highest BCUT2D eigenvalue weighted by molar-refractivity contribution is 6.23. The van der Waals surface area contributed by atoms with Gasteiger partial charge in [0.15, 0.2) is 0 Å². The maximum atomic E-state index is 13.2. The average molecular weight is 609 g/mol. The molecule has 0 spiro atoms. The highest BCUT2D eigenvalue weighted by Crippen LogP contribution is 2.41. The van der Waals surface area contributed by atoms with Crippen molar-refractivity contribution in [2.75, 3.05) is 6.61 Å². The molecule has 6 aliphatic heterocycles. The van der Waals surface area contributed by atoms with Crippen molar-refractivity contribution in [2.45, 2.75) is 179 Å². The van der Waals surface area contributed by atoms with Gasteiger partial charge in [0.1, 0.15) is 5.57 Å². The van der Waals surface area contributed by atoms with E-state index in [4.69, 9.17) is 19.7 Å². The van der Waals surface area contributed by atoms with Crippen LogP contribution in [0.4, 0.5) is 0 Å². The highest BCUT2D eigenvalue weighted by atomic mass is 16.5. The van der Waals surface area contributed by atoms with E-state index in [2.05, 4.69) is 23.6 Å².